The third kappa shape index (κ3) is 4.65. The van der Waals surface area contributed by atoms with Gasteiger partial charge in [0.25, 0.3) is 0 Å². The van der Waals surface area contributed by atoms with E-state index in [1.807, 2.05) is 35.2 Å². The number of hydrogen-bond donors (Lipinski definition) is 0. The Kier molecular flexibility index (Phi) is 6.65. The molecule has 0 saturated carbocycles. The zero-order chi connectivity index (χ0) is 20.8. The highest BCUT2D eigenvalue weighted by Crippen LogP contribution is 2.38. The number of nitrogens with zero attached hydrogens (tertiary/aromatic N) is 1. The minimum atomic E-state index is -0.0350. The SMILES string of the molecule is COc1cc(C=CC(=O)N2CCCC2c2ccc(OC)cc2OC)cc(OC)c1. The summed E-state index contributed by atoms with van der Waals surface area (Å²) in [6.07, 6.45) is 5.23. The Morgan fingerprint density at radius 2 is 1.62 bits per heavy atom. The fourth-order valence-electron chi connectivity index (χ4n) is 3.64. The van der Waals surface area contributed by atoms with Gasteiger partial charge in [0.05, 0.1) is 34.5 Å². The number of methoxy groups -OCH3 is 4. The van der Waals surface area contributed by atoms with Crippen LogP contribution in [0.3, 0.4) is 0 Å². The van der Waals surface area contributed by atoms with E-state index in [9.17, 15) is 4.79 Å². The molecular weight excluding hydrogens is 370 g/mol. The average molecular weight is 397 g/mol. The van der Waals surface area contributed by atoms with Crippen LogP contribution in [0.5, 0.6) is 23.0 Å². The van der Waals surface area contributed by atoms with Gasteiger partial charge in [-0.25, -0.2) is 0 Å². The van der Waals surface area contributed by atoms with Crippen molar-refractivity contribution < 1.29 is 23.7 Å². The standard InChI is InChI=1S/C23H27NO5/c1-26-17-8-9-20(22(15-17)29-4)21-6-5-11-24(21)23(25)10-7-16-12-18(27-2)14-19(13-16)28-3/h7-10,12-15,21H,5-6,11H2,1-4H3. The number of likely N-dealkylation sites (tertiary alicyclic amines) is 1. The van der Waals surface area contributed by atoms with Gasteiger partial charge in [-0.05, 0) is 48.7 Å². The molecule has 1 saturated heterocycles. The maximum atomic E-state index is 12.9. The third-order valence-corrected chi connectivity index (χ3v) is 5.13. The highest BCUT2D eigenvalue weighted by atomic mass is 16.5. The predicted molar refractivity (Wildman–Crippen MR) is 112 cm³/mol. The summed E-state index contributed by atoms with van der Waals surface area (Å²) in [6, 6.07) is 11.2. The van der Waals surface area contributed by atoms with Crippen LogP contribution in [-0.2, 0) is 4.79 Å². The van der Waals surface area contributed by atoms with Crippen molar-refractivity contribution in [3.05, 3.63) is 53.6 Å². The number of ether oxygens (including phenoxy) is 4. The molecule has 6 heteroatoms. The van der Waals surface area contributed by atoms with Crippen LogP contribution in [-0.4, -0.2) is 45.8 Å². The summed E-state index contributed by atoms with van der Waals surface area (Å²) in [5.74, 6) is 2.79. The topological polar surface area (TPSA) is 57.2 Å². The van der Waals surface area contributed by atoms with Crippen LogP contribution in [0.1, 0.15) is 30.0 Å². The van der Waals surface area contributed by atoms with Crippen LogP contribution >= 0.6 is 0 Å². The Morgan fingerprint density at radius 3 is 2.24 bits per heavy atom. The van der Waals surface area contributed by atoms with Crippen LogP contribution in [0.25, 0.3) is 6.08 Å². The van der Waals surface area contributed by atoms with E-state index < -0.39 is 0 Å². The van der Waals surface area contributed by atoms with E-state index >= 15 is 0 Å². The second-order valence-electron chi connectivity index (χ2n) is 6.78. The number of benzene rings is 2. The predicted octanol–water partition coefficient (Wildman–Crippen LogP) is 4.10. The Labute approximate surface area is 171 Å². The smallest absolute Gasteiger partial charge is 0.247 e. The van der Waals surface area contributed by atoms with Crippen molar-refractivity contribution in [2.45, 2.75) is 18.9 Å². The van der Waals surface area contributed by atoms with Crippen molar-refractivity contribution in [2.75, 3.05) is 35.0 Å². The van der Waals surface area contributed by atoms with E-state index in [0.717, 1.165) is 35.5 Å². The molecule has 0 N–H and O–H groups in total. The number of carbonyl (C=O) groups excluding carboxylic acids is 1. The molecule has 1 atom stereocenters. The van der Waals surface area contributed by atoms with Gasteiger partial charge in [0.1, 0.15) is 23.0 Å². The molecule has 0 bridgehead atoms. The monoisotopic (exact) mass is 397 g/mol. The van der Waals surface area contributed by atoms with Crippen molar-refractivity contribution >= 4 is 12.0 Å². The molecule has 1 amide bonds. The molecule has 1 heterocycles. The third-order valence-electron chi connectivity index (χ3n) is 5.13. The zero-order valence-corrected chi connectivity index (χ0v) is 17.3. The molecule has 154 valence electrons. The van der Waals surface area contributed by atoms with E-state index in [2.05, 4.69) is 0 Å². The van der Waals surface area contributed by atoms with E-state index in [1.54, 1.807) is 46.7 Å². The fourth-order valence-corrected chi connectivity index (χ4v) is 3.64. The molecule has 2 aromatic carbocycles. The second-order valence-corrected chi connectivity index (χ2v) is 6.78. The van der Waals surface area contributed by atoms with E-state index in [0.29, 0.717) is 18.0 Å². The van der Waals surface area contributed by atoms with Crippen molar-refractivity contribution in [1.29, 1.82) is 0 Å². The molecule has 2 aromatic rings. The minimum absolute atomic E-state index is 0.0205. The summed E-state index contributed by atoms with van der Waals surface area (Å²) in [6.45, 7) is 0.713. The molecule has 29 heavy (non-hydrogen) atoms. The summed E-state index contributed by atoms with van der Waals surface area (Å²) < 4.78 is 21.4. The number of amides is 1. The van der Waals surface area contributed by atoms with Gasteiger partial charge in [0.15, 0.2) is 0 Å². The van der Waals surface area contributed by atoms with Crippen molar-refractivity contribution in [2.24, 2.45) is 0 Å². The first kappa shape index (κ1) is 20.6. The van der Waals surface area contributed by atoms with Gasteiger partial charge in [0.2, 0.25) is 5.91 Å². The fraction of sp³-hybridized carbons (Fsp3) is 0.348. The summed E-state index contributed by atoms with van der Waals surface area (Å²) in [5.41, 5.74) is 1.84. The lowest BCUT2D eigenvalue weighted by molar-refractivity contribution is -0.126. The Bertz CT molecular complexity index is 871. The van der Waals surface area contributed by atoms with E-state index in [1.165, 1.54) is 0 Å². The van der Waals surface area contributed by atoms with Gasteiger partial charge < -0.3 is 23.8 Å². The molecule has 0 aliphatic carbocycles. The first-order valence-electron chi connectivity index (χ1n) is 9.53. The van der Waals surface area contributed by atoms with E-state index in [4.69, 9.17) is 18.9 Å². The Hall–Kier alpha value is -3.15. The molecule has 1 fully saturated rings. The number of rotatable bonds is 7. The molecule has 6 nitrogen and oxygen atoms in total. The van der Waals surface area contributed by atoms with Crippen LogP contribution in [0.15, 0.2) is 42.5 Å². The number of carbonyl (C=O) groups is 1. The van der Waals surface area contributed by atoms with Crippen LogP contribution in [0.4, 0.5) is 0 Å². The van der Waals surface area contributed by atoms with Crippen LogP contribution < -0.4 is 18.9 Å². The molecule has 0 radical (unpaired) electrons. The van der Waals surface area contributed by atoms with Gasteiger partial charge in [-0.2, -0.15) is 0 Å². The van der Waals surface area contributed by atoms with Gasteiger partial charge in [-0.1, -0.05) is 0 Å². The molecule has 1 aliphatic rings. The lowest BCUT2D eigenvalue weighted by Gasteiger charge is -2.25. The Balaban J connectivity index is 1.81. The highest BCUT2D eigenvalue weighted by Gasteiger charge is 2.31. The summed E-state index contributed by atoms with van der Waals surface area (Å²) in [5, 5.41) is 0. The first-order valence-corrected chi connectivity index (χ1v) is 9.53. The Morgan fingerprint density at radius 1 is 0.931 bits per heavy atom. The molecule has 1 unspecified atom stereocenters. The lowest BCUT2D eigenvalue weighted by Crippen LogP contribution is -2.29. The van der Waals surface area contributed by atoms with Crippen molar-refractivity contribution in [1.82, 2.24) is 4.90 Å². The largest absolute Gasteiger partial charge is 0.497 e. The molecular formula is C23H27NO5. The summed E-state index contributed by atoms with van der Waals surface area (Å²) in [4.78, 5) is 14.8. The number of hydrogen-bond acceptors (Lipinski definition) is 5. The maximum absolute atomic E-state index is 12.9. The second kappa shape index (κ2) is 9.37. The van der Waals surface area contributed by atoms with Crippen molar-refractivity contribution in [3.8, 4) is 23.0 Å². The van der Waals surface area contributed by atoms with Crippen LogP contribution in [0, 0.1) is 0 Å². The minimum Gasteiger partial charge on any atom is -0.497 e. The lowest BCUT2D eigenvalue weighted by atomic mass is 10.0. The normalized spacial score (nSPS) is 16.1. The van der Waals surface area contributed by atoms with Crippen molar-refractivity contribution in [3.63, 3.8) is 0 Å². The molecule has 0 spiro atoms. The zero-order valence-electron chi connectivity index (χ0n) is 17.3. The molecule has 0 aromatic heterocycles. The van der Waals surface area contributed by atoms with Gasteiger partial charge in [-0.3, -0.25) is 4.79 Å². The maximum Gasteiger partial charge on any atom is 0.247 e. The molecule has 3 rings (SSSR count). The highest BCUT2D eigenvalue weighted by molar-refractivity contribution is 5.92. The van der Waals surface area contributed by atoms with E-state index in [-0.39, 0.29) is 11.9 Å². The summed E-state index contributed by atoms with van der Waals surface area (Å²) >= 11 is 0. The van der Waals surface area contributed by atoms with Gasteiger partial charge in [-0.15, -0.1) is 0 Å². The van der Waals surface area contributed by atoms with Gasteiger partial charge in [0, 0.05) is 30.3 Å². The van der Waals surface area contributed by atoms with Gasteiger partial charge >= 0.3 is 0 Å². The quantitative estimate of drug-likeness (QED) is 0.659. The average Bonchev–Trinajstić information content (AvgIpc) is 3.26. The summed E-state index contributed by atoms with van der Waals surface area (Å²) in [7, 11) is 6.46. The van der Waals surface area contributed by atoms with Crippen LogP contribution in [0.2, 0.25) is 0 Å². The molecule has 1 aliphatic heterocycles. The first-order chi connectivity index (χ1) is 14.1.